The first-order chi connectivity index (χ1) is 15.5. The van der Waals surface area contributed by atoms with Gasteiger partial charge < -0.3 is 25.3 Å². The molecule has 0 spiro atoms. The summed E-state index contributed by atoms with van der Waals surface area (Å²) in [6.45, 7) is 3.19. The molecule has 0 unspecified atom stereocenters. The largest absolute Gasteiger partial charge is 0.494 e. The number of benzene rings is 1. The number of ether oxygens (including phenoxy) is 1. The van der Waals surface area contributed by atoms with E-state index in [9.17, 15) is 4.79 Å². The first kappa shape index (κ1) is 20.3. The van der Waals surface area contributed by atoms with Crippen LogP contribution in [-0.2, 0) is 20.0 Å². The Balaban J connectivity index is 1.50. The summed E-state index contributed by atoms with van der Waals surface area (Å²) < 4.78 is 7.37. The molecule has 5 rings (SSSR count). The fourth-order valence-corrected chi connectivity index (χ4v) is 5.34. The van der Waals surface area contributed by atoms with E-state index in [2.05, 4.69) is 15.3 Å². The Kier molecular flexibility index (Phi) is 4.97. The van der Waals surface area contributed by atoms with Gasteiger partial charge in [-0.1, -0.05) is 0 Å². The molecule has 1 aliphatic rings. The third-order valence-electron chi connectivity index (χ3n) is 5.93. The number of aryl methyl sites for hydroxylation is 2. The van der Waals surface area contributed by atoms with Gasteiger partial charge in [-0.05, 0) is 42.7 Å². The molecule has 8 nitrogen and oxygen atoms in total. The van der Waals surface area contributed by atoms with E-state index in [0.717, 1.165) is 38.6 Å². The highest BCUT2D eigenvalue weighted by Crippen LogP contribution is 2.40. The number of nitrogens with two attached hydrogens (primary N) is 1. The lowest BCUT2D eigenvalue weighted by molar-refractivity contribution is 0.0728. The molecular formula is C23H24N6O2S. The van der Waals surface area contributed by atoms with Crippen molar-refractivity contribution >= 4 is 44.7 Å². The van der Waals surface area contributed by atoms with Gasteiger partial charge in [-0.2, -0.15) is 0 Å². The van der Waals surface area contributed by atoms with Crippen LogP contribution in [0.4, 0.5) is 17.2 Å². The van der Waals surface area contributed by atoms with Crippen LogP contribution >= 0.6 is 11.3 Å². The molecule has 0 aliphatic carbocycles. The van der Waals surface area contributed by atoms with Crippen molar-refractivity contribution in [2.24, 2.45) is 7.05 Å². The zero-order chi connectivity index (χ0) is 22.4. The minimum atomic E-state index is 0.0483. The second-order valence-electron chi connectivity index (χ2n) is 7.92. The number of carbonyl (C=O) groups is 1. The average Bonchev–Trinajstić information content (AvgIpc) is 3.38. The maximum absolute atomic E-state index is 13.0. The number of thiophene rings is 1. The van der Waals surface area contributed by atoms with Gasteiger partial charge in [0.25, 0.3) is 5.91 Å². The minimum Gasteiger partial charge on any atom is -0.494 e. The molecule has 3 N–H and O–H groups in total. The number of amides is 1. The van der Waals surface area contributed by atoms with Crippen LogP contribution in [-0.4, -0.2) is 39.0 Å². The molecule has 9 heteroatoms. The summed E-state index contributed by atoms with van der Waals surface area (Å²) in [5.74, 6) is 1.44. The lowest BCUT2D eigenvalue weighted by Gasteiger charge is -2.27. The zero-order valence-corrected chi connectivity index (χ0v) is 19.0. The highest BCUT2D eigenvalue weighted by Gasteiger charge is 2.28. The number of aromatic nitrogens is 3. The topological polar surface area (TPSA) is 98.3 Å². The average molecular weight is 449 g/mol. The number of fused-ring (bicyclic) bond motifs is 3. The smallest absolute Gasteiger partial charge is 0.270 e. The summed E-state index contributed by atoms with van der Waals surface area (Å²) >= 11 is 1.62. The number of rotatable bonds is 4. The van der Waals surface area contributed by atoms with Crippen LogP contribution in [0.1, 0.15) is 26.5 Å². The van der Waals surface area contributed by atoms with Gasteiger partial charge >= 0.3 is 0 Å². The van der Waals surface area contributed by atoms with Gasteiger partial charge in [-0.15, -0.1) is 11.3 Å². The van der Waals surface area contributed by atoms with Crippen molar-refractivity contribution in [2.75, 3.05) is 24.7 Å². The SMILES string of the molecule is COc1cc(N)c(C)cc1Nc1ncnc2sc3c(c12)CCN(C(=O)c1cccn1C)C3. The Labute approximate surface area is 189 Å². The van der Waals surface area contributed by atoms with Gasteiger partial charge in [0.05, 0.1) is 24.7 Å². The molecule has 4 heterocycles. The van der Waals surface area contributed by atoms with Crippen LogP contribution in [0.25, 0.3) is 10.2 Å². The van der Waals surface area contributed by atoms with Crippen molar-refractivity contribution in [2.45, 2.75) is 19.9 Å². The lowest BCUT2D eigenvalue weighted by atomic mass is 10.0. The highest BCUT2D eigenvalue weighted by molar-refractivity contribution is 7.19. The Hall–Kier alpha value is -3.59. The van der Waals surface area contributed by atoms with Crippen LogP contribution in [0.2, 0.25) is 0 Å². The van der Waals surface area contributed by atoms with Crippen LogP contribution in [0.5, 0.6) is 5.75 Å². The third kappa shape index (κ3) is 3.34. The molecule has 0 saturated carbocycles. The first-order valence-corrected chi connectivity index (χ1v) is 11.1. The van der Waals surface area contributed by atoms with Crippen molar-refractivity contribution in [1.82, 2.24) is 19.4 Å². The van der Waals surface area contributed by atoms with Crippen molar-refractivity contribution in [1.29, 1.82) is 0 Å². The van der Waals surface area contributed by atoms with Crippen molar-refractivity contribution in [3.05, 3.63) is 58.5 Å². The number of hydrogen-bond acceptors (Lipinski definition) is 7. The molecule has 1 amide bonds. The van der Waals surface area contributed by atoms with E-state index in [1.54, 1.807) is 24.8 Å². The molecule has 0 bridgehead atoms. The Morgan fingerprint density at radius 2 is 2.16 bits per heavy atom. The van der Waals surface area contributed by atoms with E-state index in [0.29, 0.717) is 30.2 Å². The second-order valence-corrected chi connectivity index (χ2v) is 9.00. The van der Waals surface area contributed by atoms with Crippen LogP contribution < -0.4 is 15.8 Å². The molecule has 1 aliphatic heterocycles. The summed E-state index contributed by atoms with van der Waals surface area (Å²) in [6, 6.07) is 7.52. The quantitative estimate of drug-likeness (QED) is 0.460. The molecule has 3 aromatic heterocycles. The predicted octanol–water partition coefficient (Wildman–Crippen LogP) is 3.87. The highest BCUT2D eigenvalue weighted by atomic mass is 32.1. The fraction of sp³-hybridized carbons (Fsp3) is 0.261. The molecule has 4 aromatic rings. The minimum absolute atomic E-state index is 0.0483. The number of anilines is 3. The molecular weight excluding hydrogens is 424 g/mol. The Bertz CT molecular complexity index is 1340. The number of carbonyl (C=O) groups excluding carboxylic acids is 1. The predicted molar refractivity (Wildman–Crippen MR) is 127 cm³/mol. The first-order valence-electron chi connectivity index (χ1n) is 10.3. The molecule has 0 atom stereocenters. The van der Waals surface area contributed by atoms with Gasteiger partial charge in [0.1, 0.15) is 28.4 Å². The van der Waals surface area contributed by atoms with Gasteiger partial charge in [-0.25, -0.2) is 9.97 Å². The standard InChI is InChI=1S/C23H24N6O2S/c1-13-9-16(18(31-3)10-15(13)24)27-21-20-14-6-8-29(23(30)17-5-4-7-28(17)2)11-19(14)32-22(20)26-12-25-21/h4-5,7,9-10,12H,6,8,11,24H2,1-3H3,(H,25,26,27). The summed E-state index contributed by atoms with van der Waals surface area (Å²) in [7, 11) is 3.51. The summed E-state index contributed by atoms with van der Waals surface area (Å²) in [4.78, 5) is 26.0. The van der Waals surface area contributed by atoms with E-state index >= 15 is 0 Å². The number of nitrogens with zero attached hydrogens (tertiary/aromatic N) is 4. The van der Waals surface area contributed by atoms with E-state index in [1.165, 1.54) is 5.56 Å². The van der Waals surface area contributed by atoms with Gasteiger partial charge in [-0.3, -0.25) is 4.79 Å². The molecule has 164 valence electrons. The number of hydrogen-bond donors (Lipinski definition) is 2. The van der Waals surface area contributed by atoms with Gasteiger partial charge in [0.15, 0.2) is 0 Å². The van der Waals surface area contributed by atoms with Crippen LogP contribution in [0.3, 0.4) is 0 Å². The number of nitrogen functional groups attached to an aromatic ring is 1. The van der Waals surface area contributed by atoms with Gasteiger partial charge in [0, 0.05) is 36.4 Å². The lowest BCUT2D eigenvalue weighted by Crippen LogP contribution is -2.36. The fourth-order valence-electron chi connectivity index (χ4n) is 4.14. The summed E-state index contributed by atoms with van der Waals surface area (Å²) in [5.41, 5.74) is 10.4. The monoisotopic (exact) mass is 448 g/mol. The molecule has 0 saturated heterocycles. The molecule has 0 radical (unpaired) electrons. The second kappa shape index (κ2) is 7.83. The zero-order valence-electron chi connectivity index (χ0n) is 18.2. The van der Waals surface area contributed by atoms with Crippen LogP contribution in [0, 0.1) is 6.92 Å². The number of methoxy groups -OCH3 is 1. The van der Waals surface area contributed by atoms with E-state index in [4.69, 9.17) is 10.5 Å². The van der Waals surface area contributed by atoms with Crippen molar-refractivity contribution in [3.63, 3.8) is 0 Å². The Morgan fingerprint density at radius 3 is 2.91 bits per heavy atom. The van der Waals surface area contributed by atoms with E-state index in [1.807, 2.05) is 53.9 Å². The molecule has 1 aromatic carbocycles. The maximum atomic E-state index is 13.0. The molecule has 0 fully saturated rings. The van der Waals surface area contributed by atoms with Gasteiger partial charge in [0.2, 0.25) is 0 Å². The van der Waals surface area contributed by atoms with E-state index < -0.39 is 0 Å². The maximum Gasteiger partial charge on any atom is 0.270 e. The van der Waals surface area contributed by atoms with Crippen LogP contribution in [0.15, 0.2) is 36.8 Å². The molecule has 32 heavy (non-hydrogen) atoms. The third-order valence-corrected chi connectivity index (χ3v) is 7.05. The van der Waals surface area contributed by atoms with Crippen molar-refractivity contribution < 1.29 is 9.53 Å². The summed E-state index contributed by atoms with van der Waals surface area (Å²) in [6.07, 6.45) is 4.21. The van der Waals surface area contributed by atoms with Crippen molar-refractivity contribution in [3.8, 4) is 5.75 Å². The summed E-state index contributed by atoms with van der Waals surface area (Å²) in [5, 5.41) is 4.43. The normalized spacial score (nSPS) is 13.3. The van der Waals surface area contributed by atoms with E-state index in [-0.39, 0.29) is 5.91 Å². The number of nitrogens with one attached hydrogen (secondary N) is 1. The Morgan fingerprint density at radius 1 is 1.31 bits per heavy atom.